The normalized spacial score (nSPS) is 22.0. The van der Waals surface area contributed by atoms with Gasteiger partial charge in [0.1, 0.15) is 0 Å². The van der Waals surface area contributed by atoms with Crippen LogP contribution in [-0.2, 0) is 5.41 Å². The first-order valence-electron chi connectivity index (χ1n) is 5.59. The second-order valence-corrected chi connectivity index (χ2v) is 5.93. The molecule has 0 heterocycles. The van der Waals surface area contributed by atoms with Crippen LogP contribution in [0.15, 0.2) is 24.3 Å². The number of hydrogen-bond acceptors (Lipinski definition) is 1. The van der Waals surface area contributed by atoms with Gasteiger partial charge in [-0.2, -0.15) is 0 Å². The van der Waals surface area contributed by atoms with Gasteiger partial charge in [-0.15, -0.1) is 0 Å². The SMILES string of the molecule is CC(C)(c1ccc(Cl)cc1)C1(N)CC(F)(F)C1. The molecule has 0 aliphatic heterocycles. The number of alkyl halides is 2. The van der Waals surface area contributed by atoms with Gasteiger partial charge in [0, 0.05) is 28.8 Å². The van der Waals surface area contributed by atoms with E-state index < -0.39 is 16.9 Å². The van der Waals surface area contributed by atoms with E-state index in [1.807, 2.05) is 26.0 Å². The van der Waals surface area contributed by atoms with Crippen LogP contribution in [0.25, 0.3) is 0 Å². The van der Waals surface area contributed by atoms with Crippen molar-refractivity contribution in [1.82, 2.24) is 0 Å². The molecule has 0 unspecified atom stereocenters. The largest absolute Gasteiger partial charge is 0.324 e. The monoisotopic (exact) mass is 259 g/mol. The van der Waals surface area contributed by atoms with E-state index in [-0.39, 0.29) is 12.8 Å². The van der Waals surface area contributed by atoms with Crippen LogP contribution in [-0.4, -0.2) is 11.5 Å². The van der Waals surface area contributed by atoms with Gasteiger partial charge in [-0.3, -0.25) is 0 Å². The Labute approximate surface area is 105 Å². The maximum atomic E-state index is 13.0. The fraction of sp³-hybridized carbons (Fsp3) is 0.538. The van der Waals surface area contributed by atoms with Gasteiger partial charge in [0.15, 0.2) is 0 Å². The predicted molar refractivity (Wildman–Crippen MR) is 65.6 cm³/mol. The van der Waals surface area contributed by atoms with E-state index in [4.69, 9.17) is 17.3 Å². The minimum Gasteiger partial charge on any atom is -0.324 e. The van der Waals surface area contributed by atoms with E-state index in [9.17, 15) is 8.78 Å². The van der Waals surface area contributed by atoms with Gasteiger partial charge in [-0.1, -0.05) is 37.6 Å². The summed E-state index contributed by atoms with van der Waals surface area (Å²) >= 11 is 5.82. The molecular formula is C13H16ClF2N. The Bertz CT molecular complexity index is 418. The lowest BCUT2D eigenvalue weighted by Gasteiger charge is -2.54. The van der Waals surface area contributed by atoms with Crippen molar-refractivity contribution in [2.45, 2.75) is 43.6 Å². The summed E-state index contributed by atoms with van der Waals surface area (Å²) in [5.41, 5.74) is 5.73. The van der Waals surface area contributed by atoms with Gasteiger partial charge < -0.3 is 5.73 Å². The molecule has 2 N–H and O–H groups in total. The zero-order chi connectivity index (χ0) is 12.9. The number of rotatable bonds is 2. The smallest absolute Gasteiger partial charge is 0.251 e. The van der Waals surface area contributed by atoms with Crippen LogP contribution in [0.2, 0.25) is 5.02 Å². The van der Waals surface area contributed by atoms with Crippen LogP contribution < -0.4 is 5.73 Å². The average Bonchev–Trinajstić information content (AvgIpc) is 2.15. The molecule has 0 bridgehead atoms. The van der Waals surface area contributed by atoms with Crippen molar-refractivity contribution in [1.29, 1.82) is 0 Å². The zero-order valence-electron chi connectivity index (χ0n) is 9.93. The molecule has 4 heteroatoms. The molecule has 1 nitrogen and oxygen atoms in total. The summed E-state index contributed by atoms with van der Waals surface area (Å²) in [6, 6.07) is 7.23. The first kappa shape index (κ1) is 12.8. The Balaban J connectivity index is 2.28. The van der Waals surface area contributed by atoms with Crippen molar-refractivity contribution in [2.75, 3.05) is 0 Å². The van der Waals surface area contributed by atoms with Gasteiger partial charge in [0.05, 0.1) is 0 Å². The average molecular weight is 260 g/mol. The van der Waals surface area contributed by atoms with Gasteiger partial charge in [-0.05, 0) is 17.7 Å². The molecule has 2 rings (SSSR count). The summed E-state index contributed by atoms with van der Waals surface area (Å²) in [6.45, 7) is 3.82. The molecule has 0 saturated heterocycles. The highest BCUT2D eigenvalue weighted by atomic mass is 35.5. The third-order valence-electron chi connectivity index (χ3n) is 3.96. The third kappa shape index (κ3) is 2.06. The molecular weight excluding hydrogens is 244 g/mol. The first-order valence-corrected chi connectivity index (χ1v) is 5.97. The van der Waals surface area contributed by atoms with Crippen molar-refractivity contribution < 1.29 is 8.78 Å². The fourth-order valence-electron chi connectivity index (χ4n) is 2.47. The molecule has 1 aromatic rings. The highest BCUT2D eigenvalue weighted by Gasteiger charge is 2.61. The van der Waals surface area contributed by atoms with Crippen LogP contribution >= 0.6 is 11.6 Å². The molecule has 1 aromatic carbocycles. The molecule has 0 radical (unpaired) electrons. The van der Waals surface area contributed by atoms with Gasteiger partial charge in [0.2, 0.25) is 0 Å². The van der Waals surface area contributed by atoms with Crippen molar-refractivity contribution in [3.63, 3.8) is 0 Å². The quantitative estimate of drug-likeness (QED) is 0.860. The lowest BCUT2D eigenvalue weighted by atomic mass is 9.57. The van der Waals surface area contributed by atoms with Gasteiger partial charge >= 0.3 is 0 Å². The lowest BCUT2D eigenvalue weighted by molar-refractivity contribution is -0.141. The summed E-state index contributed by atoms with van der Waals surface area (Å²) in [6.07, 6.45) is -0.509. The lowest BCUT2D eigenvalue weighted by Crippen LogP contribution is -2.67. The minimum atomic E-state index is -2.61. The maximum absolute atomic E-state index is 13.0. The molecule has 94 valence electrons. The Kier molecular flexibility index (Phi) is 2.75. The summed E-state index contributed by atoms with van der Waals surface area (Å²) < 4.78 is 26.1. The fourth-order valence-corrected chi connectivity index (χ4v) is 2.59. The molecule has 1 aliphatic carbocycles. The summed E-state index contributed by atoms with van der Waals surface area (Å²) in [4.78, 5) is 0. The zero-order valence-corrected chi connectivity index (χ0v) is 10.7. The highest BCUT2D eigenvalue weighted by Crippen LogP contribution is 2.53. The number of nitrogens with two attached hydrogens (primary N) is 1. The van der Waals surface area contributed by atoms with Gasteiger partial charge in [0.25, 0.3) is 5.92 Å². The summed E-state index contributed by atoms with van der Waals surface area (Å²) in [5.74, 6) is -2.61. The van der Waals surface area contributed by atoms with Crippen LogP contribution in [0.3, 0.4) is 0 Å². The second-order valence-electron chi connectivity index (χ2n) is 5.50. The third-order valence-corrected chi connectivity index (χ3v) is 4.21. The Morgan fingerprint density at radius 1 is 1.18 bits per heavy atom. The highest BCUT2D eigenvalue weighted by molar-refractivity contribution is 6.30. The Hall–Kier alpha value is -0.670. The van der Waals surface area contributed by atoms with Crippen LogP contribution in [0.1, 0.15) is 32.3 Å². The van der Waals surface area contributed by atoms with Crippen molar-refractivity contribution in [2.24, 2.45) is 5.73 Å². The second kappa shape index (κ2) is 3.66. The molecule has 0 amide bonds. The Morgan fingerprint density at radius 2 is 1.65 bits per heavy atom. The molecule has 17 heavy (non-hydrogen) atoms. The van der Waals surface area contributed by atoms with Crippen LogP contribution in [0.5, 0.6) is 0 Å². The van der Waals surface area contributed by atoms with E-state index in [0.717, 1.165) is 5.56 Å². The van der Waals surface area contributed by atoms with Crippen molar-refractivity contribution in [3.8, 4) is 0 Å². The molecule has 1 aliphatic rings. The summed E-state index contributed by atoms with van der Waals surface area (Å²) in [5, 5.41) is 0.634. The number of benzene rings is 1. The number of hydrogen-bond donors (Lipinski definition) is 1. The molecule has 0 atom stereocenters. The summed E-state index contributed by atoms with van der Waals surface area (Å²) in [7, 11) is 0. The van der Waals surface area contributed by atoms with Crippen molar-refractivity contribution in [3.05, 3.63) is 34.9 Å². The number of halogens is 3. The molecule has 0 aromatic heterocycles. The Morgan fingerprint density at radius 3 is 2.06 bits per heavy atom. The van der Waals surface area contributed by atoms with E-state index >= 15 is 0 Å². The van der Waals surface area contributed by atoms with Crippen molar-refractivity contribution >= 4 is 11.6 Å². The van der Waals surface area contributed by atoms with E-state index in [0.29, 0.717) is 5.02 Å². The first-order chi connectivity index (χ1) is 7.66. The van der Waals surface area contributed by atoms with Crippen LogP contribution in [0.4, 0.5) is 8.78 Å². The van der Waals surface area contributed by atoms with Crippen LogP contribution in [0, 0.1) is 0 Å². The van der Waals surface area contributed by atoms with E-state index in [2.05, 4.69) is 0 Å². The predicted octanol–water partition coefficient (Wildman–Crippen LogP) is 3.74. The molecule has 1 fully saturated rings. The standard InChI is InChI=1S/C13H16ClF2N/c1-11(2,9-3-5-10(14)6-4-9)12(17)7-13(15,16)8-12/h3-6H,7-8,17H2,1-2H3. The van der Waals surface area contributed by atoms with E-state index in [1.165, 1.54) is 0 Å². The minimum absolute atomic E-state index is 0.254. The van der Waals surface area contributed by atoms with E-state index in [1.54, 1.807) is 12.1 Å². The maximum Gasteiger partial charge on any atom is 0.251 e. The molecule has 0 spiro atoms. The topological polar surface area (TPSA) is 26.0 Å². The van der Waals surface area contributed by atoms with Gasteiger partial charge in [-0.25, -0.2) is 8.78 Å². The molecule has 1 saturated carbocycles.